The average Bonchev–Trinajstić information content (AvgIpc) is 2.85. The minimum atomic E-state index is -0.0185. The first kappa shape index (κ1) is 15.9. The SMILES string of the molecule is CC(C)(C)OC1CC1.CC(C)OC(C)CO. The van der Waals surface area contributed by atoms with Crippen LogP contribution >= 0.6 is 0 Å². The molecule has 1 unspecified atom stereocenters. The van der Waals surface area contributed by atoms with Crippen molar-refractivity contribution in [3.8, 4) is 0 Å². The van der Waals surface area contributed by atoms with Gasteiger partial charge in [-0.15, -0.1) is 0 Å². The normalized spacial score (nSPS) is 18.0. The third kappa shape index (κ3) is 12.0. The molecule has 0 aromatic rings. The molecule has 98 valence electrons. The van der Waals surface area contributed by atoms with Crippen LogP contribution < -0.4 is 0 Å². The van der Waals surface area contributed by atoms with Crippen LogP contribution in [-0.4, -0.2) is 35.6 Å². The molecular formula is C13H28O3. The lowest BCUT2D eigenvalue weighted by Crippen LogP contribution is -2.19. The number of rotatable bonds is 4. The van der Waals surface area contributed by atoms with Crippen LogP contribution in [-0.2, 0) is 9.47 Å². The van der Waals surface area contributed by atoms with E-state index in [-0.39, 0.29) is 24.4 Å². The fourth-order valence-electron chi connectivity index (χ4n) is 1.19. The van der Waals surface area contributed by atoms with Gasteiger partial charge in [-0.3, -0.25) is 0 Å². The van der Waals surface area contributed by atoms with Gasteiger partial charge in [-0.1, -0.05) is 0 Å². The molecule has 0 aromatic carbocycles. The van der Waals surface area contributed by atoms with Crippen LogP contribution in [0.25, 0.3) is 0 Å². The Kier molecular flexibility index (Phi) is 7.20. The van der Waals surface area contributed by atoms with Crippen molar-refractivity contribution in [2.75, 3.05) is 6.61 Å². The van der Waals surface area contributed by atoms with Crippen molar-refractivity contribution in [1.82, 2.24) is 0 Å². The highest BCUT2D eigenvalue weighted by atomic mass is 16.5. The molecule has 1 N–H and O–H groups in total. The molecule has 0 saturated heterocycles. The van der Waals surface area contributed by atoms with Gasteiger partial charge in [0.1, 0.15) is 0 Å². The van der Waals surface area contributed by atoms with E-state index in [0.29, 0.717) is 6.10 Å². The minimum Gasteiger partial charge on any atom is -0.394 e. The summed E-state index contributed by atoms with van der Waals surface area (Å²) >= 11 is 0. The van der Waals surface area contributed by atoms with Gasteiger partial charge in [0, 0.05) is 0 Å². The van der Waals surface area contributed by atoms with Gasteiger partial charge in [0.25, 0.3) is 0 Å². The fourth-order valence-corrected chi connectivity index (χ4v) is 1.19. The van der Waals surface area contributed by atoms with Gasteiger partial charge in [-0.2, -0.15) is 0 Å². The molecule has 0 amide bonds. The molecule has 3 heteroatoms. The lowest BCUT2D eigenvalue weighted by atomic mass is 10.2. The highest BCUT2D eigenvalue weighted by molar-refractivity contribution is 4.77. The Hall–Kier alpha value is -0.120. The van der Waals surface area contributed by atoms with Crippen LogP contribution in [0.4, 0.5) is 0 Å². The zero-order valence-corrected chi connectivity index (χ0v) is 11.6. The molecule has 1 rings (SSSR count). The molecular weight excluding hydrogens is 204 g/mol. The molecule has 0 spiro atoms. The van der Waals surface area contributed by atoms with Crippen molar-refractivity contribution in [3.05, 3.63) is 0 Å². The summed E-state index contributed by atoms with van der Waals surface area (Å²) in [6.07, 6.45) is 3.34. The van der Waals surface area contributed by atoms with E-state index in [4.69, 9.17) is 14.6 Å². The van der Waals surface area contributed by atoms with Crippen LogP contribution in [0.3, 0.4) is 0 Å². The molecule has 1 fully saturated rings. The van der Waals surface area contributed by atoms with E-state index in [1.165, 1.54) is 12.8 Å². The number of ether oxygens (including phenoxy) is 2. The maximum absolute atomic E-state index is 8.46. The number of aliphatic hydroxyl groups excluding tert-OH is 1. The predicted molar refractivity (Wildman–Crippen MR) is 66.6 cm³/mol. The summed E-state index contributed by atoms with van der Waals surface area (Å²) in [5, 5.41) is 8.46. The molecule has 3 nitrogen and oxygen atoms in total. The Morgan fingerprint density at radius 2 is 1.69 bits per heavy atom. The van der Waals surface area contributed by atoms with Crippen molar-refractivity contribution < 1.29 is 14.6 Å². The van der Waals surface area contributed by atoms with E-state index in [1.807, 2.05) is 20.8 Å². The fraction of sp³-hybridized carbons (Fsp3) is 1.00. The molecule has 0 heterocycles. The van der Waals surface area contributed by atoms with Gasteiger partial charge in [0.05, 0.1) is 30.5 Å². The molecule has 0 radical (unpaired) electrons. The van der Waals surface area contributed by atoms with Crippen molar-refractivity contribution in [1.29, 1.82) is 0 Å². The average molecular weight is 232 g/mol. The van der Waals surface area contributed by atoms with E-state index in [1.54, 1.807) is 0 Å². The third-order valence-corrected chi connectivity index (χ3v) is 1.81. The van der Waals surface area contributed by atoms with Crippen LogP contribution in [0.2, 0.25) is 0 Å². The van der Waals surface area contributed by atoms with Gasteiger partial charge in [0.15, 0.2) is 0 Å². The summed E-state index contributed by atoms with van der Waals surface area (Å²) in [6.45, 7) is 12.2. The van der Waals surface area contributed by atoms with Crippen LogP contribution in [0.15, 0.2) is 0 Å². The molecule has 1 atom stereocenters. The maximum atomic E-state index is 8.46. The van der Waals surface area contributed by atoms with Crippen molar-refractivity contribution in [3.63, 3.8) is 0 Å². The van der Waals surface area contributed by atoms with E-state index in [2.05, 4.69) is 20.8 Å². The standard InChI is InChI=1S/C7H14O.C6H14O2/c1-7(2,3)8-6-4-5-6;1-5(2)8-6(3)4-7/h6H,4-5H2,1-3H3;5-7H,4H2,1-3H3. The molecule has 1 aliphatic carbocycles. The van der Waals surface area contributed by atoms with Crippen molar-refractivity contribution in [2.45, 2.75) is 78.3 Å². The monoisotopic (exact) mass is 232 g/mol. The van der Waals surface area contributed by atoms with E-state index < -0.39 is 0 Å². The summed E-state index contributed by atoms with van der Waals surface area (Å²) in [5.41, 5.74) is 0.0845. The van der Waals surface area contributed by atoms with Gasteiger partial charge in [0.2, 0.25) is 0 Å². The summed E-state index contributed by atoms with van der Waals surface area (Å²) in [4.78, 5) is 0. The van der Waals surface area contributed by atoms with E-state index in [9.17, 15) is 0 Å². The molecule has 16 heavy (non-hydrogen) atoms. The zero-order valence-electron chi connectivity index (χ0n) is 11.6. The summed E-state index contributed by atoms with van der Waals surface area (Å²) in [5.74, 6) is 0. The molecule has 0 aromatic heterocycles. The molecule has 1 aliphatic rings. The molecule has 0 bridgehead atoms. The number of hydrogen-bond acceptors (Lipinski definition) is 3. The highest BCUT2D eigenvalue weighted by Gasteiger charge is 2.27. The second-order valence-electron chi connectivity index (χ2n) is 5.61. The second-order valence-corrected chi connectivity index (χ2v) is 5.61. The summed E-state index contributed by atoms with van der Waals surface area (Å²) < 4.78 is 10.7. The summed E-state index contributed by atoms with van der Waals surface area (Å²) in [7, 11) is 0. The molecule has 1 saturated carbocycles. The Morgan fingerprint density at radius 1 is 1.19 bits per heavy atom. The van der Waals surface area contributed by atoms with Gasteiger partial charge in [-0.05, 0) is 54.4 Å². The Labute approximate surface area is 100 Å². The van der Waals surface area contributed by atoms with E-state index in [0.717, 1.165) is 0 Å². The van der Waals surface area contributed by atoms with Crippen LogP contribution in [0.5, 0.6) is 0 Å². The van der Waals surface area contributed by atoms with Gasteiger partial charge in [-0.25, -0.2) is 0 Å². The second kappa shape index (κ2) is 7.25. The van der Waals surface area contributed by atoms with Crippen molar-refractivity contribution >= 4 is 0 Å². The maximum Gasteiger partial charge on any atom is 0.0781 e. The first-order chi connectivity index (χ1) is 7.24. The Morgan fingerprint density at radius 3 is 1.81 bits per heavy atom. The number of hydrogen-bond donors (Lipinski definition) is 1. The first-order valence-electron chi connectivity index (χ1n) is 6.18. The minimum absolute atomic E-state index is 0.0185. The van der Waals surface area contributed by atoms with Crippen LogP contribution in [0, 0.1) is 0 Å². The number of aliphatic hydroxyl groups is 1. The smallest absolute Gasteiger partial charge is 0.0781 e. The highest BCUT2D eigenvalue weighted by Crippen LogP contribution is 2.28. The third-order valence-electron chi connectivity index (χ3n) is 1.81. The topological polar surface area (TPSA) is 38.7 Å². The largest absolute Gasteiger partial charge is 0.394 e. The Balaban J connectivity index is 0.000000281. The van der Waals surface area contributed by atoms with Gasteiger partial charge < -0.3 is 14.6 Å². The van der Waals surface area contributed by atoms with Crippen LogP contribution in [0.1, 0.15) is 54.4 Å². The lowest BCUT2D eigenvalue weighted by Gasteiger charge is -2.18. The molecule has 0 aliphatic heterocycles. The zero-order chi connectivity index (χ0) is 12.8. The van der Waals surface area contributed by atoms with E-state index >= 15 is 0 Å². The van der Waals surface area contributed by atoms with Gasteiger partial charge >= 0.3 is 0 Å². The lowest BCUT2D eigenvalue weighted by molar-refractivity contribution is -0.0151. The quantitative estimate of drug-likeness (QED) is 0.810. The van der Waals surface area contributed by atoms with Crippen molar-refractivity contribution in [2.24, 2.45) is 0 Å². The predicted octanol–water partition coefficient (Wildman–Crippen LogP) is 2.76. The Bertz CT molecular complexity index is 169. The summed E-state index contributed by atoms with van der Waals surface area (Å²) in [6, 6.07) is 0. The first-order valence-corrected chi connectivity index (χ1v) is 6.18.